The van der Waals surface area contributed by atoms with Crippen LogP contribution in [0.4, 0.5) is 5.69 Å². The lowest BCUT2D eigenvalue weighted by molar-refractivity contribution is 0.102. The van der Waals surface area contributed by atoms with Gasteiger partial charge in [0.2, 0.25) is 5.88 Å². The number of hydrogen-bond acceptors (Lipinski definition) is 5. The minimum atomic E-state index is -0.426. The standard InChI is InChI=1S/C19H20N4O3/c1-4-26-18-15(10-7-11-20-18)21-17(24)16-13-8-5-6-9-14(13)19(25)23(22-16)12(2)3/h5-12H,4H2,1-3H3,(H,21,24). The molecule has 3 aromatic rings. The van der Waals surface area contributed by atoms with Crippen LogP contribution in [-0.2, 0) is 0 Å². The van der Waals surface area contributed by atoms with E-state index in [4.69, 9.17) is 4.74 Å². The minimum Gasteiger partial charge on any atom is -0.476 e. The average Bonchev–Trinajstić information content (AvgIpc) is 2.63. The molecular formula is C19H20N4O3. The van der Waals surface area contributed by atoms with Crippen LogP contribution in [0.1, 0.15) is 37.3 Å². The SMILES string of the molecule is CCOc1ncccc1NC(=O)c1nn(C(C)C)c(=O)c2ccccc12. The van der Waals surface area contributed by atoms with E-state index in [0.29, 0.717) is 28.9 Å². The molecule has 0 spiro atoms. The lowest BCUT2D eigenvalue weighted by Gasteiger charge is -2.14. The van der Waals surface area contributed by atoms with E-state index in [1.54, 1.807) is 42.6 Å². The van der Waals surface area contributed by atoms with Crippen molar-refractivity contribution in [3.05, 3.63) is 58.6 Å². The Morgan fingerprint density at radius 3 is 2.62 bits per heavy atom. The number of carbonyl (C=O) groups is 1. The molecule has 0 aliphatic rings. The topological polar surface area (TPSA) is 86.1 Å². The van der Waals surface area contributed by atoms with Gasteiger partial charge in [0.25, 0.3) is 11.5 Å². The highest BCUT2D eigenvalue weighted by Crippen LogP contribution is 2.22. The van der Waals surface area contributed by atoms with Crippen molar-refractivity contribution in [1.82, 2.24) is 14.8 Å². The monoisotopic (exact) mass is 352 g/mol. The first-order chi connectivity index (χ1) is 12.5. The number of pyridine rings is 1. The van der Waals surface area contributed by atoms with Gasteiger partial charge >= 0.3 is 0 Å². The van der Waals surface area contributed by atoms with Crippen molar-refractivity contribution >= 4 is 22.4 Å². The fraction of sp³-hybridized carbons (Fsp3) is 0.263. The third-order valence-corrected chi connectivity index (χ3v) is 3.83. The minimum absolute atomic E-state index is 0.170. The van der Waals surface area contributed by atoms with Gasteiger partial charge in [0.1, 0.15) is 5.69 Å². The summed E-state index contributed by atoms with van der Waals surface area (Å²) in [5, 5.41) is 8.05. The predicted octanol–water partition coefficient (Wildman–Crippen LogP) is 3.02. The van der Waals surface area contributed by atoms with Crippen LogP contribution in [0.25, 0.3) is 10.8 Å². The van der Waals surface area contributed by atoms with Crippen LogP contribution in [0.2, 0.25) is 0 Å². The van der Waals surface area contributed by atoms with Crippen LogP contribution in [0.5, 0.6) is 5.88 Å². The van der Waals surface area contributed by atoms with Crippen molar-refractivity contribution in [3.8, 4) is 5.88 Å². The van der Waals surface area contributed by atoms with Crippen molar-refractivity contribution in [2.75, 3.05) is 11.9 Å². The molecule has 0 fully saturated rings. The Kier molecular flexibility index (Phi) is 4.97. The second-order valence-corrected chi connectivity index (χ2v) is 5.98. The normalized spacial score (nSPS) is 10.9. The molecule has 1 aromatic carbocycles. The quantitative estimate of drug-likeness (QED) is 0.763. The Bertz CT molecular complexity index is 1010. The number of anilines is 1. The average molecular weight is 352 g/mol. The van der Waals surface area contributed by atoms with Crippen molar-refractivity contribution in [2.45, 2.75) is 26.8 Å². The van der Waals surface area contributed by atoms with E-state index in [1.807, 2.05) is 20.8 Å². The van der Waals surface area contributed by atoms with E-state index in [0.717, 1.165) is 0 Å². The lowest BCUT2D eigenvalue weighted by Crippen LogP contribution is -2.29. The van der Waals surface area contributed by atoms with Crippen LogP contribution < -0.4 is 15.6 Å². The maximum atomic E-state index is 12.9. The molecule has 0 saturated carbocycles. The lowest BCUT2D eigenvalue weighted by atomic mass is 10.1. The molecule has 2 heterocycles. The molecule has 7 heteroatoms. The Hall–Kier alpha value is -3.22. The third kappa shape index (κ3) is 3.28. The van der Waals surface area contributed by atoms with Crippen LogP contribution >= 0.6 is 0 Å². The Labute approximate surface area is 150 Å². The number of amides is 1. The summed E-state index contributed by atoms with van der Waals surface area (Å²) in [7, 11) is 0. The smallest absolute Gasteiger partial charge is 0.276 e. The molecular weight excluding hydrogens is 332 g/mol. The molecule has 0 aliphatic heterocycles. The number of nitrogens with zero attached hydrogens (tertiary/aromatic N) is 3. The first-order valence-electron chi connectivity index (χ1n) is 8.43. The first kappa shape index (κ1) is 17.6. The molecule has 134 valence electrons. The number of ether oxygens (including phenoxy) is 1. The first-order valence-corrected chi connectivity index (χ1v) is 8.43. The fourth-order valence-electron chi connectivity index (χ4n) is 2.64. The zero-order valence-corrected chi connectivity index (χ0v) is 14.9. The molecule has 0 radical (unpaired) electrons. The molecule has 1 amide bonds. The summed E-state index contributed by atoms with van der Waals surface area (Å²) in [6.07, 6.45) is 1.59. The molecule has 1 N–H and O–H groups in total. The third-order valence-electron chi connectivity index (χ3n) is 3.83. The van der Waals surface area contributed by atoms with Gasteiger partial charge in [-0.15, -0.1) is 0 Å². The van der Waals surface area contributed by atoms with Crippen molar-refractivity contribution in [3.63, 3.8) is 0 Å². The Morgan fingerprint density at radius 1 is 1.19 bits per heavy atom. The number of hydrogen-bond donors (Lipinski definition) is 1. The van der Waals surface area contributed by atoms with Crippen LogP contribution in [-0.4, -0.2) is 27.3 Å². The van der Waals surface area contributed by atoms with Crippen LogP contribution in [0.3, 0.4) is 0 Å². The molecule has 26 heavy (non-hydrogen) atoms. The highest BCUT2D eigenvalue weighted by Gasteiger charge is 2.19. The van der Waals surface area contributed by atoms with Gasteiger partial charge in [0, 0.05) is 11.6 Å². The molecule has 7 nitrogen and oxygen atoms in total. The maximum absolute atomic E-state index is 12.9. The summed E-state index contributed by atoms with van der Waals surface area (Å²) in [4.78, 5) is 29.6. The van der Waals surface area contributed by atoms with E-state index in [1.165, 1.54) is 4.68 Å². The summed E-state index contributed by atoms with van der Waals surface area (Å²) < 4.78 is 6.76. The number of benzene rings is 1. The van der Waals surface area contributed by atoms with E-state index < -0.39 is 5.91 Å². The molecule has 0 bridgehead atoms. The second-order valence-electron chi connectivity index (χ2n) is 5.98. The highest BCUT2D eigenvalue weighted by molar-refractivity contribution is 6.11. The summed E-state index contributed by atoms with van der Waals surface area (Å²) in [6.45, 7) is 5.96. The molecule has 0 unspecified atom stereocenters. The van der Waals surface area contributed by atoms with Crippen LogP contribution in [0, 0.1) is 0 Å². The molecule has 0 atom stereocenters. The van der Waals surface area contributed by atoms with Gasteiger partial charge in [-0.25, -0.2) is 9.67 Å². The van der Waals surface area contributed by atoms with E-state index in [-0.39, 0.29) is 17.3 Å². The van der Waals surface area contributed by atoms with E-state index in [9.17, 15) is 9.59 Å². The van der Waals surface area contributed by atoms with Gasteiger partial charge in [0.05, 0.1) is 18.0 Å². The molecule has 3 rings (SSSR count). The predicted molar refractivity (Wildman–Crippen MR) is 99.7 cm³/mol. The van der Waals surface area contributed by atoms with Gasteiger partial charge in [-0.05, 0) is 39.0 Å². The zero-order valence-electron chi connectivity index (χ0n) is 14.9. The number of carbonyl (C=O) groups excluding carboxylic acids is 1. The molecule has 2 aromatic heterocycles. The second kappa shape index (κ2) is 7.35. The van der Waals surface area contributed by atoms with Gasteiger partial charge in [-0.1, -0.05) is 18.2 Å². The summed E-state index contributed by atoms with van der Waals surface area (Å²) in [6, 6.07) is 10.2. The van der Waals surface area contributed by atoms with Crippen LogP contribution in [0.15, 0.2) is 47.4 Å². The number of aromatic nitrogens is 3. The Morgan fingerprint density at radius 2 is 1.92 bits per heavy atom. The summed E-state index contributed by atoms with van der Waals surface area (Å²) in [5.74, 6) is -0.0885. The van der Waals surface area contributed by atoms with E-state index in [2.05, 4.69) is 15.4 Å². The fourth-order valence-corrected chi connectivity index (χ4v) is 2.64. The zero-order chi connectivity index (χ0) is 18.7. The number of fused-ring (bicyclic) bond motifs is 1. The van der Waals surface area contributed by atoms with E-state index >= 15 is 0 Å². The van der Waals surface area contributed by atoms with Crippen molar-refractivity contribution in [1.29, 1.82) is 0 Å². The van der Waals surface area contributed by atoms with Gasteiger partial charge in [-0.3, -0.25) is 9.59 Å². The van der Waals surface area contributed by atoms with Crippen molar-refractivity contribution in [2.24, 2.45) is 0 Å². The van der Waals surface area contributed by atoms with Crippen molar-refractivity contribution < 1.29 is 9.53 Å². The number of nitrogens with one attached hydrogen (secondary N) is 1. The van der Waals surface area contributed by atoms with Gasteiger partial charge < -0.3 is 10.1 Å². The molecule has 0 aliphatic carbocycles. The van der Waals surface area contributed by atoms with Gasteiger partial charge in [-0.2, -0.15) is 5.10 Å². The largest absolute Gasteiger partial charge is 0.476 e. The van der Waals surface area contributed by atoms with Gasteiger partial charge in [0.15, 0.2) is 5.69 Å². The molecule has 0 saturated heterocycles. The maximum Gasteiger partial charge on any atom is 0.276 e. The highest BCUT2D eigenvalue weighted by atomic mass is 16.5. The summed E-state index contributed by atoms with van der Waals surface area (Å²) >= 11 is 0. The Balaban J connectivity index is 2.09. The summed E-state index contributed by atoms with van der Waals surface area (Å²) in [5.41, 5.74) is 0.413. The number of rotatable bonds is 5.